The second-order valence-electron chi connectivity index (χ2n) is 11.6. The molecule has 4 nitrogen and oxygen atoms in total. The molecule has 0 aromatic heterocycles. The molecule has 4 heteroatoms. The summed E-state index contributed by atoms with van der Waals surface area (Å²) in [6, 6.07) is 7.98. The van der Waals surface area contributed by atoms with Crippen LogP contribution in [0.4, 0.5) is 0 Å². The van der Waals surface area contributed by atoms with Crippen LogP contribution in [0.15, 0.2) is 24.3 Å². The first kappa shape index (κ1) is 35.7. The number of para-hydroxylation sites is 2. The molecule has 0 aliphatic carbocycles. The first-order valence-electron chi connectivity index (χ1n) is 15.3. The van der Waals surface area contributed by atoms with E-state index in [0.717, 1.165) is 87.7 Å². The molecule has 0 N–H and O–H groups in total. The molecular weight excluding hydrogens is 460 g/mol. The van der Waals surface area contributed by atoms with Crippen molar-refractivity contribution in [3.63, 3.8) is 0 Å². The average molecular weight is 523 g/mol. The van der Waals surface area contributed by atoms with E-state index in [1.807, 2.05) is 24.3 Å². The van der Waals surface area contributed by atoms with Gasteiger partial charge in [0.05, 0.1) is 26.4 Å². The Morgan fingerprint density at radius 1 is 0.514 bits per heavy atom. The minimum absolute atomic E-state index is 0.737. The molecule has 1 aromatic rings. The van der Waals surface area contributed by atoms with Crippen LogP contribution in [0.2, 0.25) is 0 Å². The van der Waals surface area contributed by atoms with Gasteiger partial charge in [0, 0.05) is 13.2 Å². The van der Waals surface area contributed by atoms with Crippen molar-refractivity contribution in [2.24, 2.45) is 23.7 Å². The molecule has 0 saturated heterocycles. The van der Waals surface area contributed by atoms with E-state index in [1.165, 1.54) is 44.9 Å². The smallest absolute Gasteiger partial charge is 0.161 e. The third-order valence-corrected chi connectivity index (χ3v) is 6.34. The normalized spacial score (nSPS) is 12.1. The lowest BCUT2D eigenvalue weighted by Crippen LogP contribution is -2.07. The van der Waals surface area contributed by atoms with Crippen LogP contribution >= 0.6 is 0 Å². The number of ether oxygens (including phenoxy) is 4. The maximum absolute atomic E-state index is 5.84. The van der Waals surface area contributed by atoms with Gasteiger partial charge in [-0.15, -0.1) is 0 Å². The topological polar surface area (TPSA) is 36.9 Å². The van der Waals surface area contributed by atoms with Gasteiger partial charge >= 0.3 is 0 Å². The second kappa shape index (κ2) is 25.0. The number of hydrogen-bond acceptors (Lipinski definition) is 4. The van der Waals surface area contributed by atoms with Crippen LogP contribution < -0.4 is 9.47 Å². The Kier molecular flexibility index (Phi) is 24.2. The Balaban J connectivity index is 0.000000712. The van der Waals surface area contributed by atoms with E-state index < -0.39 is 0 Å². The van der Waals surface area contributed by atoms with Gasteiger partial charge in [-0.25, -0.2) is 0 Å². The van der Waals surface area contributed by atoms with E-state index in [0.29, 0.717) is 0 Å². The van der Waals surface area contributed by atoms with Crippen molar-refractivity contribution in [1.82, 2.24) is 0 Å². The van der Waals surface area contributed by atoms with Crippen LogP contribution in [0.25, 0.3) is 0 Å². The highest BCUT2D eigenvalue weighted by molar-refractivity contribution is 5.39. The molecule has 0 saturated carbocycles. The van der Waals surface area contributed by atoms with Crippen molar-refractivity contribution in [1.29, 1.82) is 0 Å². The molecule has 1 aromatic carbocycles. The van der Waals surface area contributed by atoms with Gasteiger partial charge in [0.2, 0.25) is 0 Å². The molecule has 0 spiro atoms. The van der Waals surface area contributed by atoms with Crippen LogP contribution in [0.5, 0.6) is 11.5 Å². The Morgan fingerprint density at radius 3 is 1.27 bits per heavy atom. The highest BCUT2D eigenvalue weighted by atomic mass is 16.5. The molecule has 218 valence electrons. The summed E-state index contributed by atoms with van der Waals surface area (Å²) in [6.07, 6.45) is 10.8. The third kappa shape index (κ3) is 24.8. The van der Waals surface area contributed by atoms with Crippen LogP contribution in [-0.2, 0) is 9.47 Å². The molecule has 0 aliphatic rings. The van der Waals surface area contributed by atoms with Gasteiger partial charge in [0.25, 0.3) is 0 Å². The van der Waals surface area contributed by atoms with E-state index in [1.54, 1.807) is 0 Å². The second-order valence-corrected chi connectivity index (χ2v) is 11.6. The lowest BCUT2D eigenvalue weighted by atomic mass is 10.0. The number of benzene rings is 1. The minimum Gasteiger partial charge on any atom is -0.490 e. The van der Waals surface area contributed by atoms with E-state index in [-0.39, 0.29) is 0 Å². The van der Waals surface area contributed by atoms with Crippen molar-refractivity contribution in [2.45, 2.75) is 113 Å². The Labute approximate surface area is 231 Å². The maximum Gasteiger partial charge on any atom is 0.161 e. The molecule has 1 unspecified atom stereocenters. The fraction of sp³-hybridized carbons (Fsp3) is 0.818. The summed E-state index contributed by atoms with van der Waals surface area (Å²) >= 11 is 0. The summed E-state index contributed by atoms with van der Waals surface area (Å²) in [5, 5.41) is 0. The summed E-state index contributed by atoms with van der Waals surface area (Å²) in [6.45, 7) is 22.8. The molecule has 0 bridgehead atoms. The Morgan fingerprint density at radius 2 is 0.892 bits per heavy atom. The Hall–Kier alpha value is -1.26. The SMILES string of the molecule is CC(C)CCCOc1ccccc1OCCCC(C)C.CCC(C)CCCOCCOCCCC(C)C. The van der Waals surface area contributed by atoms with Crippen LogP contribution in [0.1, 0.15) is 113 Å². The molecule has 0 fully saturated rings. The molecule has 1 atom stereocenters. The van der Waals surface area contributed by atoms with Gasteiger partial charge in [0.1, 0.15) is 0 Å². The standard InChI is InChI=1S/C18H30O2.C15H32O2/c1-15(2)9-7-13-19-17-11-5-6-12-18(17)20-14-8-10-16(3)4;1-5-15(4)9-7-11-17-13-12-16-10-6-8-14(2)3/h5-6,11-12,15-16H,7-10,13-14H2,1-4H3;14-15H,5-13H2,1-4H3. The van der Waals surface area contributed by atoms with E-state index in [9.17, 15) is 0 Å². The third-order valence-electron chi connectivity index (χ3n) is 6.34. The maximum atomic E-state index is 5.84. The van der Waals surface area contributed by atoms with Gasteiger partial charge in [-0.3, -0.25) is 0 Å². The van der Waals surface area contributed by atoms with Crippen LogP contribution in [0.3, 0.4) is 0 Å². The first-order valence-corrected chi connectivity index (χ1v) is 15.3. The van der Waals surface area contributed by atoms with Gasteiger partial charge in [-0.1, -0.05) is 73.9 Å². The fourth-order valence-electron chi connectivity index (χ4n) is 3.69. The minimum atomic E-state index is 0.737. The predicted octanol–water partition coefficient (Wildman–Crippen LogP) is 9.60. The van der Waals surface area contributed by atoms with Crippen LogP contribution in [-0.4, -0.2) is 39.6 Å². The zero-order valence-corrected chi connectivity index (χ0v) is 25.9. The molecule has 37 heavy (non-hydrogen) atoms. The number of hydrogen-bond donors (Lipinski definition) is 0. The Bertz CT molecular complexity index is 565. The monoisotopic (exact) mass is 522 g/mol. The van der Waals surface area contributed by atoms with E-state index in [4.69, 9.17) is 18.9 Å². The lowest BCUT2D eigenvalue weighted by Gasteiger charge is -2.13. The number of rotatable bonds is 22. The summed E-state index contributed by atoms with van der Waals surface area (Å²) in [5.41, 5.74) is 0. The fourth-order valence-corrected chi connectivity index (χ4v) is 3.69. The van der Waals surface area contributed by atoms with Crippen LogP contribution in [0, 0.1) is 23.7 Å². The predicted molar refractivity (Wildman–Crippen MR) is 160 cm³/mol. The van der Waals surface area contributed by atoms with E-state index in [2.05, 4.69) is 55.4 Å². The zero-order chi connectivity index (χ0) is 27.7. The van der Waals surface area contributed by atoms with Gasteiger partial charge in [-0.05, 0) is 87.2 Å². The van der Waals surface area contributed by atoms with Crippen molar-refractivity contribution >= 4 is 0 Å². The zero-order valence-electron chi connectivity index (χ0n) is 25.9. The summed E-state index contributed by atoms with van der Waals surface area (Å²) in [4.78, 5) is 0. The molecule has 0 aliphatic heterocycles. The van der Waals surface area contributed by atoms with Crippen molar-refractivity contribution in [3.05, 3.63) is 24.3 Å². The van der Waals surface area contributed by atoms with Crippen molar-refractivity contribution in [3.8, 4) is 11.5 Å². The summed E-state index contributed by atoms with van der Waals surface area (Å²) in [7, 11) is 0. The highest BCUT2D eigenvalue weighted by Gasteiger charge is 2.05. The summed E-state index contributed by atoms with van der Waals surface area (Å²) < 4.78 is 22.7. The largest absolute Gasteiger partial charge is 0.490 e. The highest BCUT2D eigenvalue weighted by Crippen LogP contribution is 2.27. The van der Waals surface area contributed by atoms with Gasteiger partial charge < -0.3 is 18.9 Å². The molecular formula is C33H62O4. The lowest BCUT2D eigenvalue weighted by molar-refractivity contribution is 0.0435. The van der Waals surface area contributed by atoms with Gasteiger partial charge in [-0.2, -0.15) is 0 Å². The average Bonchev–Trinajstić information content (AvgIpc) is 2.86. The van der Waals surface area contributed by atoms with E-state index >= 15 is 0 Å². The van der Waals surface area contributed by atoms with Gasteiger partial charge in [0.15, 0.2) is 11.5 Å². The summed E-state index contributed by atoms with van der Waals surface area (Å²) in [5.74, 6) is 4.85. The molecule has 0 amide bonds. The van der Waals surface area contributed by atoms with Crippen molar-refractivity contribution < 1.29 is 18.9 Å². The first-order chi connectivity index (χ1) is 17.8. The molecule has 0 heterocycles. The molecule has 0 radical (unpaired) electrons. The van der Waals surface area contributed by atoms with Crippen molar-refractivity contribution in [2.75, 3.05) is 39.6 Å². The quantitative estimate of drug-likeness (QED) is 0.142. The molecule has 1 rings (SSSR count).